The van der Waals surface area contributed by atoms with Gasteiger partial charge in [0, 0.05) is 5.02 Å². The predicted molar refractivity (Wildman–Crippen MR) is 42.8 cm³/mol. The Morgan fingerprint density at radius 3 is 1.67 bits per heavy atom. The highest BCUT2D eigenvalue weighted by Gasteiger charge is 1.74. The first kappa shape index (κ1) is 8.51. The van der Waals surface area contributed by atoms with Crippen molar-refractivity contribution in [2.24, 2.45) is 0 Å². The van der Waals surface area contributed by atoms with Crippen LogP contribution in [0.5, 0.6) is 0 Å². The zero-order valence-electron chi connectivity index (χ0n) is 5.76. The fourth-order valence-electron chi connectivity index (χ4n) is 0.415. The van der Waals surface area contributed by atoms with Crippen molar-refractivity contribution in [3.05, 3.63) is 35.4 Å². The Hall–Kier alpha value is -0.490. The molecular formula is C8H11Cl. The second kappa shape index (κ2) is 5.64. The highest BCUT2D eigenvalue weighted by molar-refractivity contribution is 6.30. The van der Waals surface area contributed by atoms with Crippen molar-refractivity contribution in [3.63, 3.8) is 0 Å². The molecule has 0 bridgehead atoms. The molecule has 0 radical (unpaired) electrons. The van der Waals surface area contributed by atoms with E-state index in [9.17, 15) is 0 Å². The van der Waals surface area contributed by atoms with Gasteiger partial charge < -0.3 is 0 Å². The molecule has 0 fully saturated rings. The van der Waals surface area contributed by atoms with Crippen LogP contribution in [0.2, 0.25) is 5.02 Å². The molecule has 0 spiro atoms. The molecule has 0 aliphatic rings. The van der Waals surface area contributed by atoms with Crippen LogP contribution >= 0.6 is 11.6 Å². The maximum absolute atomic E-state index is 5.54. The normalized spacial score (nSPS) is 7.44. The van der Waals surface area contributed by atoms with Crippen molar-refractivity contribution in [1.82, 2.24) is 0 Å². The third-order valence-electron chi connectivity index (χ3n) is 0.733. The molecule has 0 unspecified atom stereocenters. The van der Waals surface area contributed by atoms with E-state index >= 15 is 0 Å². The van der Waals surface area contributed by atoms with Gasteiger partial charge in [0.1, 0.15) is 0 Å². The van der Waals surface area contributed by atoms with Gasteiger partial charge in [-0.3, -0.25) is 0 Å². The first-order chi connectivity index (χ1) is 4.39. The van der Waals surface area contributed by atoms with E-state index in [0.29, 0.717) is 0 Å². The van der Waals surface area contributed by atoms with Gasteiger partial charge in [-0.1, -0.05) is 43.6 Å². The topological polar surface area (TPSA) is 0 Å². The van der Waals surface area contributed by atoms with Gasteiger partial charge in [0.05, 0.1) is 0 Å². The lowest BCUT2D eigenvalue weighted by Gasteiger charge is -1.80. The van der Waals surface area contributed by atoms with Crippen LogP contribution in [-0.4, -0.2) is 0 Å². The van der Waals surface area contributed by atoms with Gasteiger partial charge in [-0.2, -0.15) is 0 Å². The minimum Gasteiger partial charge on any atom is -0.0843 e. The molecule has 0 saturated heterocycles. The van der Waals surface area contributed by atoms with Crippen LogP contribution in [0.15, 0.2) is 30.3 Å². The molecule has 0 nitrogen and oxygen atoms in total. The zero-order valence-corrected chi connectivity index (χ0v) is 6.52. The highest BCUT2D eigenvalue weighted by atomic mass is 35.5. The average molecular weight is 143 g/mol. The molecule has 0 N–H and O–H groups in total. The van der Waals surface area contributed by atoms with Gasteiger partial charge >= 0.3 is 0 Å². The molecule has 0 amide bonds. The summed E-state index contributed by atoms with van der Waals surface area (Å²) in [7, 11) is 0. The summed E-state index contributed by atoms with van der Waals surface area (Å²) in [5, 5.41) is 0.794. The van der Waals surface area contributed by atoms with Crippen LogP contribution in [0.1, 0.15) is 13.8 Å². The molecule has 1 aromatic rings. The molecular weight excluding hydrogens is 132 g/mol. The van der Waals surface area contributed by atoms with Crippen molar-refractivity contribution >= 4 is 11.6 Å². The fraction of sp³-hybridized carbons (Fsp3) is 0.250. The number of halogens is 1. The van der Waals surface area contributed by atoms with E-state index in [1.54, 1.807) is 0 Å². The smallest absolute Gasteiger partial charge is 0.0405 e. The lowest BCUT2D eigenvalue weighted by Crippen LogP contribution is -1.55. The van der Waals surface area contributed by atoms with E-state index in [0.717, 1.165) is 5.02 Å². The summed E-state index contributed by atoms with van der Waals surface area (Å²) in [6.45, 7) is 4.00. The van der Waals surface area contributed by atoms with Gasteiger partial charge in [-0.05, 0) is 12.1 Å². The lowest BCUT2D eigenvalue weighted by atomic mass is 10.4. The summed E-state index contributed by atoms with van der Waals surface area (Å²) in [6.07, 6.45) is 0. The standard InChI is InChI=1S/C6H5Cl.C2H6/c7-6-4-2-1-3-5-6;1-2/h1-5H;1-2H3. The van der Waals surface area contributed by atoms with Crippen LogP contribution < -0.4 is 0 Å². The second-order valence-corrected chi connectivity index (χ2v) is 1.73. The van der Waals surface area contributed by atoms with Crippen LogP contribution in [0.3, 0.4) is 0 Å². The minimum absolute atomic E-state index is 0.794. The molecule has 0 aromatic heterocycles. The largest absolute Gasteiger partial charge is 0.0843 e. The maximum atomic E-state index is 5.54. The molecule has 1 heteroatoms. The number of rotatable bonds is 0. The van der Waals surface area contributed by atoms with Gasteiger partial charge in [-0.15, -0.1) is 0 Å². The molecule has 0 aliphatic carbocycles. The zero-order chi connectivity index (χ0) is 7.11. The average Bonchev–Trinajstić information content (AvgIpc) is 1.94. The Morgan fingerprint density at radius 1 is 1.00 bits per heavy atom. The van der Waals surface area contributed by atoms with Crippen molar-refractivity contribution in [1.29, 1.82) is 0 Å². The van der Waals surface area contributed by atoms with Gasteiger partial charge in [0.15, 0.2) is 0 Å². The summed E-state index contributed by atoms with van der Waals surface area (Å²) < 4.78 is 0. The summed E-state index contributed by atoms with van der Waals surface area (Å²) in [5.41, 5.74) is 0. The van der Waals surface area contributed by atoms with Gasteiger partial charge in [0.25, 0.3) is 0 Å². The summed E-state index contributed by atoms with van der Waals surface area (Å²) in [6, 6.07) is 9.44. The maximum Gasteiger partial charge on any atom is 0.0405 e. The van der Waals surface area contributed by atoms with Crippen LogP contribution in [0.25, 0.3) is 0 Å². The van der Waals surface area contributed by atoms with Crippen LogP contribution in [-0.2, 0) is 0 Å². The van der Waals surface area contributed by atoms with E-state index in [1.807, 2.05) is 44.2 Å². The summed E-state index contributed by atoms with van der Waals surface area (Å²) >= 11 is 5.54. The molecule has 0 heterocycles. The Bertz CT molecular complexity index is 134. The van der Waals surface area contributed by atoms with Crippen LogP contribution in [0, 0.1) is 0 Å². The predicted octanol–water partition coefficient (Wildman–Crippen LogP) is 3.37. The molecule has 0 aliphatic heterocycles. The fourth-order valence-corrected chi connectivity index (χ4v) is 0.560. The number of hydrogen-bond acceptors (Lipinski definition) is 0. The van der Waals surface area contributed by atoms with Crippen molar-refractivity contribution in [3.8, 4) is 0 Å². The number of hydrogen-bond donors (Lipinski definition) is 0. The van der Waals surface area contributed by atoms with E-state index in [2.05, 4.69) is 0 Å². The van der Waals surface area contributed by atoms with Crippen molar-refractivity contribution in [2.45, 2.75) is 13.8 Å². The monoisotopic (exact) mass is 142 g/mol. The van der Waals surface area contributed by atoms with Gasteiger partial charge in [-0.25, -0.2) is 0 Å². The number of benzene rings is 1. The van der Waals surface area contributed by atoms with E-state index in [1.165, 1.54) is 0 Å². The van der Waals surface area contributed by atoms with Crippen molar-refractivity contribution < 1.29 is 0 Å². The van der Waals surface area contributed by atoms with Crippen molar-refractivity contribution in [2.75, 3.05) is 0 Å². The Balaban J connectivity index is 0.000000291. The third kappa shape index (κ3) is 4.04. The van der Waals surface area contributed by atoms with E-state index in [4.69, 9.17) is 11.6 Å². The molecule has 1 aromatic carbocycles. The SMILES string of the molecule is CC.Clc1ccccc1. The molecule has 50 valence electrons. The first-order valence-electron chi connectivity index (χ1n) is 3.10. The summed E-state index contributed by atoms with van der Waals surface area (Å²) in [4.78, 5) is 0. The molecule has 0 atom stereocenters. The molecule has 9 heavy (non-hydrogen) atoms. The molecule has 0 saturated carbocycles. The quantitative estimate of drug-likeness (QED) is 0.521. The highest BCUT2D eigenvalue weighted by Crippen LogP contribution is 2.03. The lowest BCUT2D eigenvalue weighted by molar-refractivity contribution is 1.50. The van der Waals surface area contributed by atoms with Crippen LogP contribution in [0.4, 0.5) is 0 Å². The van der Waals surface area contributed by atoms with E-state index in [-0.39, 0.29) is 0 Å². The molecule has 1 rings (SSSR count). The second-order valence-electron chi connectivity index (χ2n) is 1.30. The Morgan fingerprint density at radius 2 is 1.44 bits per heavy atom. The summed E-state index contributed by atoms with van der Waals surface area (Å²) in [5.74, 6) is 0. The Labute approximate surface area is 61.5 Å². The van der Waals surface area contributed by atoms with Gasteiger partial charge in [0.2, 0.25) is 0 Å². The first-order valence-corrected chi connectivity index (χ1v) is 3.48. The minimum atomic E-state index is 0.794. The Kier molecular flexibility index (Phi) is 5.34. The third-order valence-corrected chi connectivity index (χ3v) is 0.985. The van der Waals surface area contributed by atoms with E-state index < -0.39 is 0 Å².